The molecular formula is C22H17FN4O3. The summed E-state index contributed by atoms with van der Waals surface area (Å²) in [5.41, 5.74) is 2.18. The summed E-state index contributed by atoms with van der Waals surface area (Å²) in [5.74, 6) is 1.12. The number of hydrogen-bond donors (Lipinski definition) is 1. The highest BCUT2D eigenvalue weighted by Crippen LogP contribution is 2.34. The van der Waals surface area contributed by atoms with Crippen LogP contribution in [0.1, 0.15) is 16.1 Å². The lowest BCUT2D eigenvalue weighted by Gasteiger charge is -2.11. The van der Waals surface area contributed by atoms with Crippen molar-refractivity contribution in [2.24, 2.45) is 0 Å². The van der Waals surface area contributed by atoms with Gasteiger partial charge in [0.25, 0.3) is 5.91 Å². The molecule has 2 aromatic heterocycles. The molecular weight excluding hydrogens is 387 g/mol. The molecule has 1 aliphatic heterocycles. The largest absolute Gasteiger partial charge is 0.454 e. The SMILES string of the molecule is Cc1nn(-c2ccc(F)cc2)c(-n2cccc2)c1C(=O)Nc1ccc2c(c1)OCO2. The average Bonchev–Trinajstić information content (AvgIpc) is 3.47. The molecule has 0 saturated heterocycles. The molecule has 5 rings (SSSR count). The standard InChI is InChI=1S/C22H17FN4O3/c1-14-20(21(28)24-16-6-9-18-19(12-16)30-13-29-18)22(26-10-2-3-11-26)27(25-14)17-7-4-15(23)5-8-17/h2-12H,13H2,1H3,(H,24,28). The molecule has 8 heteroatoms. The van der Waals surface area contributed by atoms with E-state index in [-0.39, 0.29) is 18.5 Å². The van der Waals surface area contributed by atoms with Gasteiger partial charge in [0, 0.05) is 24.1 Å². The smallest absolute Gasteiger partial charge is 0.261 e. The fourth-order valence-corrected chi connectivity index (χ4v) is 3.43. The van der Waals surface area contributed by atoms with Gasteiger partial charge in [0.1, 0.15) is 11.4 Å². The van der Waals surface area contributed by atoms with Crippen molar-refractivity contribution in [2.45, 2.75) is 6.92 Å². The molecule has 0 atom stereocenters. The predicted molar refractivity (Wildman–Crippen MR) is 108 cm³/mol. The summed E-state index contributed by atoms with van der Waals surface area (Å²) >= 11 is 0. The number of amides is 1. The minimum atomic E-state index is -0.342. The second-order valence-electron chi connectivity index (χ2n) is 6.78. The van der Waals surface area contributed by atoms with Gasteiger partial charge in [-0.1, -0.05) is 0 Å². The van der Waals surface area contributed by atoms with Crippen molar-refractivity contribution in [1.82, 2.24) is 14.3 Å². The Morgan fingerprint density at radius 2 is 1.80 bits per heavy atom. The lowest BCUT2D eigenvalue weighted by atomic mass is 10.2. The van der Waals surface area contributed by atoms with Crippen molar-refractivity contribution in [3.63, 3.8) is 0 Å². The first-order valence-electron chi connectivity index (χ1n) is 9.30. The Morgan fingerprint density at radius 1 is 1.07 bits per heavy atom. The Kier molecular flexibility index (Phi) is 4.24. The van der Waals surface area contributed by atoms with Gasteiger partial charge in [0.2, 0.25) is 6.79 Å². The van der Waals surface area contributed by atoms with Crippen LogP contribution in [0.25, 0.3) is 11.5 Å². The van der Waals surface area contributed by atoms with Crippen LogP contribution in [-0.2, 0) is 0 Å². The van der Waals surface area contributed by atoms with Crippen LogP contribution in [0, 0.1) is 12.7 Å². The van der Waals surface area contributed by atoms with Crippen LogP contribution in [0.3, 0.4) is 0 Å². The fraction of sp³-hybridized carbons (Fsp3) is 0.0909. The van der Waals surface area contributed by atoms with Crippen LogP contribution in [0.15, 0.2) is 67.0 Å². The number of carbonyl (C=O) groups excluding carboxylic acids is 1. The van der Waals surface area contributed by atoms with E-state index in [0.717, 1.165) is 0 Å². The molecule has 1 aliphatic rings. The van der Waals surface area contributed by atoms with E-state index in [4.69, 9.17) is 9.47 Å². The number of aryl methyl sites for hydroxylation is 1. The summed E-state index contributed by atoms with van der Waals surface area (Å²) in [6.07, 6.45) is 3.65. The number of nitrogens with one attached hydrogen (secondary N) is 1. The number of nitrogens with zero attached hydrogens (tertiary/aromatic N) is 3. The normalized spacial score (nSPS) is 12.2. The van der Waals surface area contributed by atoms with Crippen LogP contribution in [0.2, 0.25) is 0 Å². The minimum Gasteiger partial charge on any atom is -0.454 e. The number of benzene rings is 2. The minimum absolute atomic E-state index is 0.161. The molecule has 150 valence electrons. The van der Waals surface area contributed by atoms with Gasteiger partial charge in [0.15, 0.2) is 17.3 Å². The summed E-state index contributed by atoms with van der Waals surface area (Å²) in [4.78, 5) is 13.2. The molecule has 7 nitrogen and oxygen atoms in total. The Hall–Kier alpha value is -4.07. The van der Waals surface area contributed by atoms with Crippen LogP contribution < -0.4 is 14.8 Å². The number of hydrogen-bond acceptors (Lipinski definition) is 4. The molecule has 0 bridgehead atoms. The highest BCUT2D eigenvalue weighted by atomic mass is 19.1. The Labute approximate surface area is 171 Å². The molecule has 1 N–H and O–H groups in total. The third-order valence-electron chi connectivity index (χ3n) is 4.81. The average molecular weight is 404 g/mol. The summed E-state index contributed by atoms with van der Waals surface area (Å²) < 4.78 is 27.5. The van der Waals surface area contributed by atoms with E-state index in [2.05, 4.69) is 10.4 Å². The molecule has 4 aromatic rings. The summed E-state index contributed by atoms with van der Waals surface area (Å²) in [5, 5.41) is 7.46. The van der Waals surface area contributed by atoms with Gasteiger partial charge in [-0.3, -0.25) is 4.79 Å². The third kappa shape index (κ3) is 3.08. The van der Waals surface area contributed by atoms with E-state index in [9.17, 15) is 9.18 Å². The van der Waals surface area contributed by atoms with E-state index >= 15 is 0 Å². The van der Waals surface area contributed by atoms with Crippen LogP contribution in [0.4, 0.5) is 10.1 Å². The van der Waals surface area contributed by atoms with Crippen molar-refractivity contribution in [3.8, 4) is 23.0 Å². The maximum atomic E-state index is 13.4. The first kappa shape index (κ1) is 18.0. The predicted octanol–water partition coefficient (Wildman–Crippen LogP) is 4.09. The number of carbonyl (C=O) groups is 1. The Balaban J connectivity index is 1.57. The highest BCUT2D eigenvalue weighted by Gasteiger charge is 2.24. The first-order chi connectivity index (χ1) is 14.6. The van der Waals surface area contributed by atoms with Gasteiger partial charge in [-0.2, -0.15) is 5.10 Å². The molecule has 0 spiro atoms. The van der Waals surface area contributed by atoms with E-state index in [1.165, 1.54) is 12.1 Å². The van der Waals surface area contributed by atoms with Gasteiger partial charge >= 0.3 is 0 Å². The molecule has 0 aliphatic carbocycles. The van der Waals surface area contributed by atoms with Crippen molar-refractivity contribution in [1.29, 1.82) is 0 Å². The topological polar surface area (TPSA) is 70.3 Å². The lowest BCUT2D eigenvalue weighted by molar-refractivity contribution is 0.102. The molecule has 1 amide bonds. The van der Waals surface area contributed by atoms with Crippen LogP contribution >= 0.6 is 0 Å². The monoisotopic (exact) mass is 404 g/mol. The van der Waals surface area contributed by atoms with E-state index in [1.54, 1.807) is 46.5 Å². The summed E-state index contributed by atoms with van der Waals surface area (Å²) in [6, 6.07) is 14.9. The van der Waals surface area contributed by atoms with Crippen molar-refractivity contribution in [2.75, 3.05) is 12.1 Å². The fourth-order valence-electron chi connectivity index (χ4n) is 3.43. The third-order valence-corrected chi connectivity index (χ3v) is 4.81. The first-order valence-corrected chi connectivity index (χ1v) is 9.30. The van der Waals surface area contributed by atoms with Gasteiger partial charge in [-0.25, -0.2) is 9.07 Å². The highest BCUT2D eigenvalue weighted by molar-refractivity contribution is 6.07. The number of aromatic nitrogens is 3. The number of ether oxygens (including phenoxy) is 2. The summed E-state index contributed by atoms with van der Waals surface area (Å²) in [7, 11) is 0. The second-order valence-corrected chi connectivity index (χ2v) is 6.78. The van der Waals surface area contributed by atoms with Crippen molar-refractivity contribution >= 4 is 11.6 Å². The Morgan fingerprint density at radius 3 is 2.57 bits per heavy atom. The van der Waals surface area contributed by atoms with Crippen LogP contribution in [0.5, 0.6) is 11.5 Å². The number of rotatable bonds is 4. The zero-order chi connectivity index (χ0) is 20.7. The molecule has 3 heterocycles. The molecule has 2 aromatic carbocycles. The maximum absolute atomic E-state index is 13.4. The van der Waals surface area contributed by atoms with Gasteiger partial charge in [-0.15, -0.1) is 0 Å². The number of anilines is 1. The maximum Gasteiger partial charge on any atom is 0.261 e. The van der Waals surface area contributed by atoms with Crippen molar-refractivity contribution in [3.05, 3.63) is 84.1 Å². The van der Waals surface area contributed by atoms with E-state index < -0.39 is 0 Å². The van der Waals surface area contributed by atoms with Crippen LogP contribution in [-0.4, -0.2) is 27.0 Å². The lowest BCUT2D eigenvalue weighted by Crippen LogP contribution is -2.16. The van der Waals surface area contributed by atoms with E-state index in [0.29, 0.717) is 39.9 Å². The molecule has 0 unspecified atom stereocenters. The zero-order valence-electron chi connectivity index (χ0n) is 16.0. The van der Waals surface area contributed by atoms with Gasteiger partial charge in [-0.05, 0) is 55.5 Å². The number of fused-ring (bicyclic) bond motifs is 1. The number of halogens is 1. The molecule has 0 saturated carbocycles. The second kappa shape index (κ2) is 7.07. The van der Waals surface area contributed by atoms with E-state index in [1.807, 2.05) is 24.5 Å². The quantitative estimate of drug-likeness (QED) is 0.556. The van der Waals surface area contributed by atoms with Gasteiger partial charge in [0.05, 0.1) is 11.4 Å². The van der Waals surface area contributed by atoms with Gasteiger partial charge < -0.3 is 19.4 Å². The molecule has 0 fully saturated rings. The van der Waals surface area contributed by atoms with Crippen molar-refractivity contribution < 1.29 is 18.7 Å². The summed E-state index contributed by atoms with van der Waals surface area (Å²) in [6.45, 7) is 1.93. The Bertz CT molecular complexity index is 1230. The molecule has 0 radical (unpaired) electrons. The zero-order valence-corrected chi connectivity index (χ0v) is 16.0. The molecule has 30 heavy (non-hydrogen) atoms.